The van der Waals surface area contributed by atoms with E-state index in [0.717, 1.165) is 59.8 Å². The van der Waals surface area contributed by atoms with Crippen LogP contribution in [0.15, 0.2) is 174 Å². The first-order valence-corrected chi connectivity index (χ1v) is 18.5. The maximum atomic E-state index is 10.8. The third-order valence-electron chi connectivity index (χ3n) is 9.86. The van der Waals surface area contributed by atoms with Crippen LogP contribution in [0.2, 0.25) is 0 Å². The topological polar surface area (TPSA) is 75.0 Å². The highest BCUT2D eigenvalue weighted by atomic mass is 32.2. The van der Waals surface area contributed by atoms with Gasteiger partial charge in [-0.25, -0.2) is 19.8 Å². The Morgan fingerprint density at radius 2 is 1.16 bits per heavy atom. The minimum atomic E-state index is 0.272. The minimum Gasteiger partial charge on any atom is -0.310 e. The summed E-state index contributed by atoms with van der Waals surface area (Å²) in [6.45, 7) is 8.41. The summed E-state index contributed by atoms with van der Waals surface area (Å²) < 4.78 is 2.16. The number of para-hydroxylation sites is 3. The van der Waals surface area contributed by atoms with Crippen molar-refractivity contribution in [1.29, 1.82) is 5.26 Å². The normalized spacial score (nSPS) is 11.9. The van der Waals surface area contributed by atoms with Crippen LogP contribution < -0.4 is 4.90 Å². The second-order valence-corrected chi connectivity index (χ2v) is 14.2. The highest BCUT2D eigenvalue weighted by molar-refractivity contribution is 7.99. The molecular formula is C47H27N7S. The van der Waals surface area contributed by atoms with E-state index in [1.807, 2.05) is 91.0 Å². The van der Waals surface area contributed by atoms with E-state index in [0.29, 0.717) is 28.5 Å². The van der Waals surface area contributed by atoms with Crippen LogP contribution in [0.3, 0.4) is 0 Å². The molecule has 3 heterocycles. The Balaban J connectivity index is 1.20. The van der Waals surface area contributed by atoms with Crippen LogP contribution in [-0.2, 0) is 0 Å². The Morgan fingerprint density at radius 3 is 1.85 bits per heavy atom. The molecule has 55 heavy (non-hydrogen) atoms. The molecule has 1 aliphatic heterocycles. The quantitative estimate of drug-likeness (QED) is 0.165. The molecule has 9 aromatic rings. The van der Waals surface area contributed by atoms with Crippen LogP contribution in [0.5, 0.6) is 0 Å². The number of rotatable bonds is 5. The zero-order valence-corrected chi connectivity index (χ0v) is 29.9. The van der Waals surface area contributed by atoms with E-state index in [1.165, 1.54) is 0 Å². The van der Waals surface area contributed by atoms with Gasteiger partial charge in [0, 0.05) is 48.6 Å². The van der Waals surface area contributed by atoms with Gasteiger partial charge in [-0.15, -0.1) is 0 Å². The van der Waals surface area contributed by atoms with Crippen molar-refractivity contribution in [2.75, 3.05) is 4.90 Å². The van der Waals surface area contributed by atoms with Crippen molar-refractivity contribution in [2.24, 2.45) is 0 Å². The fourth-order valence-electron chi connectivity index (χ4n) is 7.42. The lowest BCUT2D eigenvalue weighted by molar-refractivity contribution is 1.07. The van der Waals surface area contributed by atoms with Gasteiger partial charge in [0.2, 0.25) is 5.69 Å². The molecule has 7 nitrogen and oxygen atoms in total. The highest BCUT2D eigenvalue weighted by Crippen LogP contribution is 2.53. The molecule has 0 amide bonds. The van der Waals surface area contributed by atoms with Crippen LogP contribution in [0, 0.1) is 17.9 Å². The van der Waals surface area contributed by atoms with Gasteiger partial charge < -0.3 is 9.47 Å². The van der Waals surface area contributed by atoms with Gasteiger partial charge in [-0.3, -0.25) is 0 Å². The summed E-state index contributed by atoms with van der Waals surface area (Å²) in [6, 6.07) is 57.2. The van der Waals surface area contributed by atoms with Crippen molar-refractivity contribution >= 4 is 56.3 Å². The Kier molecular flexibility index (Phi) is 7.69. The van der Waals surface area contributed by atoms with Crippen molar-refractivity contribution < 1.29 is 0 Å². The minimum absolute atomic E-state index is 0.272. The molecule has 0 saturated heterocycles. The molecule has 0 radical (unpaired) electrons. The molecule has 0 aliphatic carbocycles. The lowest BCUT2D eigenvalue weighted by atomic mass is 10.0. The summed E-state index contributed by atoms with van der Waals surface area (Å²) in [5, 5.41) is 12.9. The average molecular weight is 722 g/mol. The van der Waals surface area contributed by atoms with Crippen LogP contribution in [0.1, 0.15) is 5.56 Å². The predicted molar refractivity (Wildman–Crippen MR) is 220 cm³/mol. The number of nitrogens with zero attached hydrogens (tertiary/aromatic N) is 7. The zero-order valence-electron chi connectivity index (χ0n) is 29.1. The van der Waals surface area contributed by atoms with Crippen LogP contribution in [0.25, 0.3) is 66.5 Å². The first-order valence-electron chi connectivity index (χ1n) is 17.7. The van der Waals surface area contributed by atoms with Gasteiger partial charge in [0.15, 0.2) is 17.5 Å². The molecule has 2 aromatic heterocycles. The van der Waals surface area contributed by atoms with E-state index in [2.05, 4.69) is 93.2 Å². The third-order valence-corrected chi connectivity index (χ3v) is 11.0. The summed E-state index contributed by atoms with van der Waals surface area (Å²) >= 11 is 1.75. The maximum absolute atomic E-state index is 10.8. The van der Waals surface area contributed by atoms with Crippen molar-refractivity contribution in [1.82, 2.24) is 19.5 Å². The van der Waals surface area contributed by atoms with Crippen molar-refractivity contribution in [2.45, 2.75) is 9.79 Å². The molecule has 1 aliphatic rings. The molecule has 0 spiro atoms. The van der Waals surface area contributed by atoms with Crippen molar-refractivity contribution in [3.05, 3.63) is 181 Å². The lowest BCUT2D eigenvalue weighted by Crippen LogP contribution is -2.14. The van der Waals surface area contributed by atoms with E-state index < -0.39 is 0 Å². The monoisotopic (exact) mass is 721 g/mol. The molecule has 0 atom stereocenters. The Hall–Kier alpha value is -7.52. The maximum Gasteiger partial charge on any atom is 0.201 e. The van der Waals surface area contributed by atoms with Crippen molar-refractivity contribution in [3.8, 4) is 45.9 Å². The third kappa shape index (κ3) is 5.40. The Morgan fingerprint density at radius 1 is 0.545 bits per heavy atom. The van der Waals surface area contributed by atoms with Gasteiger partial charge in [-0.1, -0.05) is 121 Å². The van der Waals surface area contributed by atoms with E-state index in [9.17, 15) is 5.26 Å². The van der Waals surface area contributed by atoms with Gasteiger partial charge in [0.25, 0.3) is 0 Å². The molecule has 7 aromatic carbocycles. The molecule has 8 heteroatoms. The van der Waals surface area contributed by atoms with Gasteiger partial charge in [-0.05, 0) is 54.6 Å². The summed E-state index contributed by atoms with van der Waals surface area (Å²) in [5.41, 5.74) is 8.54. The van der Waals surface area contributed by atoms with Crippen LogP contribution >= 0.6 is 11.8 Å². The van der Waals surface area contributed by atoms with Gasteiger partial charge >= 0.3 is 0 Å². The van der Waals surface area contributed by atoms with Crippen LogP contribution in [0.4, 0.5) is 22.7 Å². The number of aromatic nitrogens is 4. The number of nitriles is 1. The second-order valence-electron chi connectivity index (χ2n) is 13.1. The SMILES string of the molecule is [C-]#[N+]c1cc(-n2c3ccccc3c3cc4c(cc32)Sc2ccccc2N4c2ccccc2)cc(C#N)c1-c1nc(-c2ccccc2)nc(-c2ccccc2)n1. The van der Waals surface area contributed by atoms with Gasteiger partial charge in [0.05, 0.1) is 40.6 Å². The van der Waals surface area contributed by atoms with E-state index in [-0.39, 0.29) is 11.5 Å². The predicted octanol–water partition coefficient (Wildman–Crippen LogP) is 12.3. The van der Waals surface area contributed by atoms with Gasteiger partial charge in [0.1, 0.15) is 0 Å². The molecule has 0 unspecified atom stereocenters. The standard InChI is InChI=1S/C47H27N7S/c1-49-37-26-34(25-32(29-48)44(37)47-51-45(30-15-5-2-6-16-30)50-46(52-47)31-17-7-3-8-18-31)54-38-22-12-11-21-35(38)36-27-41-43(28-40(36)54)55-42-24-14-13-23-39(42)53(41)33-19-9-4-10-20-33/h2-28H. The molecule has 0 N–H and O–H groups in total. The summed E-state index contributed by atoms with van der Waals surface area (Å²) in [7, 11) is 0. The molecule has 0 saturated carbocycles. The largest absolute Gasteiger partial charge is 0.310 e. The average Bonchev–Trinajstić information content (AvgIpc) is 3.58. The fourth-order valence-corrected chi connectivity index (χ4v) is 8.50. The van der Waals surface area contributed by atoms with E-state index in [1.54, 1.807) is 11.8 Å². The summed E-state index contributed by atoms with van der Waals surface area (Å²) in [5.74, 6) is 1.20. The van der Waals surface area contributed by atoms with Crippen LogP contribution in [-0.4, -0.2) is 19.5 Å². The van der Waals surface area contributed by atoms with E-state index >= 15 is 0 Å². The smallest absolute Gasteiger partial charge is 0.201 e. The summed E-state index contributed by atoms with van der Waals surface area (Å²) in [4.78, 5) is 23.2. The number of hydrogen-bond donors (Lipinski definition) is 0. The van der Waals surface area contributed by atoms with Gasteiger partial charge in [-0.2, -0.15) is 5.26 Å². The number of anilines is 3. The molecule has 256 valence electrons. The number of benzene rings is 7. The first-order chi connectivity index (χ1) is 27.2. The molecule has 10 rings (SSSR count). The zero-order chi connectivity index (χ0) is 36.9. The van der Waals surface area contributed by atoms with Crippen molar-refractivity contribution in [3.63, 3.8) is 0 Å². The molecule has 0 fully saturated rings. The Bertz CT molecular complexity index is 2940. The lowest BCUT2D eigenvalue weighted by Gasteiger charge is -2.33. The number of fused-ring (bicyclic) bond motifs is 5. The Labute approximate surface area is 321 Å². The molecular weight excluding hydrogens is 695 g/mol. The highest BCUT2D eigenvalue weighted by Gasteiger charge is 2.28. The first kappa shape index (κ1) is 32.2. The summed E-state index contributed by atoms with van der Waals surface area (Å²) in [6.07, 6.45) is 0. The fraction of sp³-hybridized carbons (Fsp3) is 0. The molecule has 0 bridgehead atoms. The van der Waals surface area contributed by atoms with E-state index in [4.69, 9.17) is 21.5 Å². The second kappa shape index (κ2) is 13.2. The number of hydrogen-bond acceptors (Lipinski definition) is 6.